The molecule has 0 aliphatic carbocycles. The summed E-state index contributed by atoms with van der Waals surface area (Å²) in [7, 11) is 0. The Balaban J connectivity index is 1.17. The second-order valence-corrected chi connectivity index (χ2v) is 27.7. The molecular formula is C61H92N16O36. The number of amides is 4. The third-order valence-electron chi connectivity index (χ3n) is 19.1. The number of carboxylic acid groups (broad SMARTS) is 4. The van der Waals surface area contributed by atoms with Crippen LogP contribution in [0.4, 0.5) is 0 Å². The van der Waals surface area contributed by atoms with Gasteiger partial charge in [-0.25, -0.2) is 37.9 Å². The van der Waals surface area contributed by atoms with Crippen LogP contribution in [-0.4, -0.2) is 384 Å². The van der Waals surface area contributed by atoms with Gasteiger partial charge in [0.1, 0.15) is 96.0 Å². The summed E-state index contributed by atoms with van der Waals surface area (Å²) in [5, 5.41) is 255. The molecule has 52 heteroatoms. The van der Waals surface area contributed by atoms with Gasteiger partial charge in [0.2, 0.25) is 23.6 Å². The minimum atomic E-state index is -2.81. The number of rotatable bonds is 40. The average molecular weight is 1630 g/mol. The lowest BCUT2D eigenvalue weighted by Gasteiger charge is -2.46. The van der Waals surface area contributed by atoms with E-state index >= 15 is 0 Å². The number of carbonyl (C=O) groups is 8. The average Bonchev–Trinajstić information content (AvgIpc) is 1.74. The first-order valence-corrected chi connectivity index (χ1v) is 34.5. The van der Waals surface area contributed by atoms with Gasteiger partial charge in [-0.2, -0.15) is 0 Å². The van der Waals surface area contributed by atoms with E-state index in [-0.39, 0.29) is 22.8 Å². The summed E-state index contributed by atoms with van der Waals surface area (Å²) in [5.74, 6) is -10.6. The van der Waals surface area contributed by atoms with Gasteiger partial charge in [0, 0.05) is 53.4 Å². The van der Waals surface area contributed by atoms with Crippen LogP contribution >= 0.6 is 0 Å². The van der Waals surface area contributed by atoms with Crippen molar-refractivity contribution in [2.24, 2.45) is 5.41 Å². The predicted molar refractivity (Wildman–Crippen MR) is 352 cm³/mol. The SMILES string of the molecule is CC(=O)N[C@H]1[C@H]([C@H](O)[C@H](O)CO)O[C@](C(=O)O)(n2cc(COCC(COCc3cn([C@]4(C(=O)O)C[C@H](O)[C@@H](NC(C)=O)[C@H]([C@H](O)[C@H](O)CO)O4)nn3)(COCc3cn([C@]4(C(=O)O)C[C@H](O)[C@@H](NC(C)=O)[C@H]([C@H](O)[C@H](O)CO)O4)nn3)COCc3cn([C@]4(C(=O)O)C[C@H](O)[C@@H](NC(C)=O)[C@H]([C@H](O)[C@H](O)CO)O4)nn3)nn2)C[C@@H]1O. The summed E-state index contributed by atoms with van der Waals surface area (Å²) in [6.07, 6.45) is -32.0. The molecule has 8 rings (SSSR count). The van der Waals surface area contributed by atoms with Gasteiger partial charge in [0.15, 0.2) is 0 Å². The number of nitrogens with zero attached hydrogens (tertiary/aromatic N) is 12. The molecule has 8 heterocycles. The van der Waals surface area contributed by atoms with E-state index in [1.165, 1.54) is 0 Å². The lowest BCUT2D eigenvalue weighted by molar-refractivity contribution is -0.258. The van der Waals surface area contributed by atoms with Crippen LogP contribution in [0, 0.1) is 5.41 Å². The van der Waals surface area contributed by atoms with E-state index in [1.807, 2.05) is 0 Å². The van der Waals surface area contributed by atoms with Gasteiger partial charge in [-0.1, -0.05) is 20.9 Å². The number of hydrogen-bond acceptors (Lipinski definition) is 40. The molecule has 0 radical (unpaired) electrons. The highest BCUT2D eigenvalue weighted by molar-refractivity contribution is 5.78. The zero-order valence-corrected chi connectivity index (χ0v) is 60.5. The van der Waals surface area contributed by atoms with Gasteiger partial charge in [-0.15, -0.1) is 20.4 Å². The molecule has 0 unspecified atom stereocenters. The number of carbonyl (C=O) groups excluding carboxylic acids is 4. The van der Waals surface area contributed by atoms with Crippen LogP contribution in [0.2, 0.25) is 0 Å². The standard InChI is InChI=1S/C61H92N16O36/c1-25(82)62-41-33(86)5-58(53(98)99,110-49(41)45(94)37(90)13-78)74-9-29(66-70-74)17-106-21-57(22-107-18-30-10-75(71-67-30)59(54(100)101)6-34(87)42(63-26(2)83)50(111-59)46(95)38(91)14-79,23-108-19-31-11-76(72-68-31)60(55(102)103)7-35(88)43(64-27(3)84)51(112-60)47(96)39(92)15-80)24-109-20-32-12-77(73-69-32)61(56(104)105)8-36(89)44(65-28(4)85)52(113-61)48(97)40(93)16-81/h9-12,33-52,78-81,86-97H,5-8,13-24H2,1-4H3,(H,62,82)(H,63,83)(H,64,84)(H,65,85)(H,98,99)(H,100,101)(H,102,103)(H,104,105)/t33-,34-,35-,36-,37+,38+,39+,40+,41+,42+,43+,44+,45+,46+,47+,48+,49+,50+,51+,52+,58+,59+,60+,61+/m0/s1. The molecule has 24 atom stereocenters. The quantitative estimate of drug-likeness (QED) is 0.0197. The minimum Gasteiger partial charge on any atom is -0.478 e. The molecule has 0 aromatic carbocycles. The molecule has 113 heavy (non-hydrogen) atoms. The Labute approximate surface area is 635 Å². The van der Waals surface area contributed by atoms with Crippen LogP contribution in [0.3, 0.4) is 0 Å². The lowest BCUT2D eigenvalue weighted by atomic mass is 9.87. The smallest absolute Gasteiger partial charge is 0.359 e. The maximum absolute atomic E-state index is 13.3. The molecule has 4 aromatic rings. The van der Waals surface area contributed by atoms with Crippen molar-refractivity contribution in [3.8, 4) is 0 Å². The maximum atomic E-state index is 13.3. The highest BCUT2D eigenvalue weighted by Crippen LogP contribution is 2.41. The molecule has 4 saturated heterocycles. The molecule has 0 spiro atoms. The highest BCUT2D eigenvalue weighted by atomic mass is 16.6. The van der Waals surface area contributed by atoms with Crippen molar-refractivity contribution >= 4 is 47.5 Å². The number of aliphatic carboxylic acids is 4. The molecule has 0 saturated carbocycles. The van der Waals surface area contributed by atoms with E-state index in [0.717, 1.165) is 52.5 Å². The van der Waals surface area contributed by atoms with Crippen molar-refractivity contribution in [1.82, 2.24) is 81.2 Å². The normalized spacial score (nSPS) is 30.3. The maximum Gasteiger partial charge on any atom is 0.359 e. The topological polar surface area (TPSA) is 786 Å². The van der Waals surface area contributed by atoms with E-state index in [2.05, 4.69) is 62.5 Å². The van der Waals surface area contributed by atoms with Crippen molar-refractivity contribution in [3.63, 3.8) is 0 Å². The van der Waals surface area contributed by atoms with Crippen molar-refractivity contribution < 1.29 is 178 Å². The van der Waals surface area contributed by atoms with Crippen LogP contribution < -0.4 is 21.3 Å². The third kappa shape index (κ3) is 19.8. The number of carboxylic acids is 4. The summed E-state index contributed by atoms with van der Waals surface area (Å²) in [6.45, 7) is -5.98. The summed E-state index contributed by atoms with van der Waals surface area (Å²) in [4.78, 5) is 102. The minimum absolute atomic E-state index is 0.244. The second kappa shape index (κ2) is 37.8. The fourth-order valence-electron chi connectivity index (χ4n) is 13.4. The largest absolute Gasteiger partial charge is 0.478 e. The Morgan fingerprint density at radius 1 is 0.389 bits per heavy atom. The fourth-order valence-corrected chi connectivity index (χ4v) is 13.4. The number of ether oxygens (including phenoxy) is 8. The van der Waals surface area contributed by atoms with Crippen LogP contribution in [0.1, 0.15) is 76.2 Å². The first-order valence-electron chi connectivity index (χ1n) is 34.5. The third-order valence-corrected chi connectivity index (χ3v) is 19.1. The monoisotopic (exact) mass is 1620 g/mol. The Hall–Kier alpha value is -8.64. The van der Waals surface area contributed by atoms with Crippen molar-refractivity contribution in [2.75, 3.05) is 52.9 Å². The Morgan fingerprint density at radius 2 is 0.575 bits per heavy atom. The van der Waals surface area contributed by atoms with Gasteiger partial charge in [0.25, 0.3) is 22.9 Å². The van der Waals surface area contributed by atoms with E-state index < -0.39 is 303 Å². The van der Waals surface area contributed by atoms with Crippen LogP contribution in [0.5, 0.6) is 0 Å². The first kappa shape index (κ1) is 89.9. The van der Waals surface area contributed by atoms with Gasteiger partial charge >= 0.3 is 23.9 Å². The van der Waals surface area contributed by atoms with Crippen LogP contribution in [0.15, 0.2) is 24.8 Å². The van der Waals surface area contributed by atoms with Crippen LogP contribution in [-0.2, 0) is 126 Å². The molecular weight excluding hydrogens is 1530 g/mol. The Kier molecular flexibility index (Phi) is 30.0. The number of aliphatic hydroxyl groups is 16. The summed E-state index contributed by atoms with van der Waals surface area (Å²) < 4.78 is 50.9. The predicted octanol–water partition coefficient (Wildman–Crippen LogP) is -14.4. The molecule has 4 amide bonds. The molecule has 4 aromatic heterocycles. The molecule has 52 nitrogen and oxygen atoms in total. The molecule has 24 N–H and O–H groups in total. The molecule has 4 fully saturated rings. The Bertz CT molecular complexity index is 3420. The van der Waals surface area contributed by atoms with E-state index in [0.29, 0.717) is 18.7 Å². The molecule has 632 valence electrons. The van der Waals surface area contributed by atoms with Gasteiger partial charge in [0.05, 0.1) is 158 Å². The number of aliphatic hydroxyl groups excluding tert-OH is 16. The molecule has 0 bridgehead atoms. The van der Waals surface area contributed by atoms with Gasteiger partial charge < -0.3 is 161 Å². The van der Waals surface area contributed by atoms with Crippen molar-refractivity contribution in [1.29, 1.82) is 0 Å². The first-order chi connectivity index (χ1) is 53.2. The summed E-state index contributed by atoms with van der Waals surface area (Å²) >= 11 is 0. The van der Waals surface area contributed by atoms with Crippen LogP contribution in [0.25, 0.3) is 0 Å². The van der Waals surface area contributed by atoms with Crippen molar-refractivity contribution in [3.05, 3.63) is 47.6 Å². The second-order valence-electron chi connectivity index (χ2n) is 27.7. The molecule has 4 aliphatic rings. The molecule has 4 aliphatic heterocycles. The fraction of sp³-hybridized carbons (Fsp3) is 0.738. The summed E-state index contributed by atoms with van der Waals surface area (Å²) in [5.41, 5.74) is -14.1. The zero-order valence-electron chi connectivity index (χ0n) is 60.5. The number of nitrogens with one attached hydrogen (secondary N) is 4. The van der Waals surface area contributed by atoms with E-state index in [4.69, 9.17) is 37.9 Å². The van der Waals surface area contributed by atoms with E-state index in [1.54, 1.807) is 0 Å². The lowest BCUT2D eigenvalue weighted by Crippen LogP contribution is -2.67. The van der Waals surface area contributed by atoms with Gasteiger partial charge in [-0.05, 0) is 0 Å². The Morgan fingerprint density at radius 3 is 0.735 bits per heavy atom. The van der Waals surface area contributed by atoms with E-state index in [9.17, 15) is 140 Å². The highest BCUT2D eigenvalue weighted by Gasteiger charge is 2.61. The van der Waals surface area contributed by atoms with Crippen molar-refractivity contribution in [2.45, 2.75) is 225 Å². The number of hydrogen-bond donors (Lipinski definition) is 24. The number of aromatic nitrogens is 12. The van der Waals surface area contributed by atoms with Gasteiger partial charge in [-0.3, -0.25) is 19.2 Å². The summed E-state index contributed by atoms with van der Waals surface area (Å²) in [6, 6.07) is -6.38. The zero-order chi connectivity index (χ0) is 83.6.